The minimum absolute atomic E-state index is 0.129. The molecule has 0 aliphatic carbocycles. The van der Waals surface area contributed by atoms with E-state index in [-0.39, 0.29) is 5.54 Å². The standard InChI is InChI=1S/C13H23N3/c1-2-3-8-15-13(11-14)7-10-16-9-5-4-6-12(13)16/h12,15H,4-11,14H2,1H3. The number of hydrogen-bond donors (Lipinski definition) is 2. The van der Waals surface area contributed by atoms with Crippen molar-refractivity contribution < 1.29 is 0 Å². The summed E-state index contributed by atoms with van der Waals surface area (Å²) in [6, 6.07) is 0.643. The molecule has 3 N–H and O–H groups in total. The third kappa shape index (κ3) is 2.10. The van der Waals surface area contributed by atoms with Gasteiger partial charge in [-0.25, -0.2) is 0 Å². The fraction of sp³-hybridized carbons (Fsp3) is 0.846. The quantitative estimate of drug-likeness (QED) is 0.684. The van der Waals surface area contributed by atoms with Gasteiger partial charge in [0.2, 0.25) is 0 Å². The molecule has 16 heavy (non-hydrogen) atoms. The number of hydrogen-bond acceptors (Lipinski definition) is 3. The van der Waals surface area contributed by atoms with Crippen LogP contribution in [0.15, 0.2) is 0 Å². The second kappa shape index (κ2) is 5.18. The summed E-state index contributed by atoms with van der Waals surface area (Å²) in [7, 11) is 0. The molecule has 0 aromatic carbocycles. The van der Waals surface area contributed by atoms with Gasteiger partial charge in [0.1, 0.15) is 0 Å². The van der Waals surface area contributed by atoms with Crippen molar-refractivity contribution in [1.82, 2.24) is 10.2 Å². The maximum absolute atomic E-state index is 6.02. The minimum Gasteiger partial charge on any atom is -0.329 e. The van der Waals surface area contributed by atoms with Gasteiger partial charge in [-0.05, 0) is 32.7 Å². The third-order valence-electron chi connectivity index (χ3n) is 4.17. The van der Waals surface area contributed by atoms with Crippen LogP contribution in [0.1, 0.15) is 32.6 Å². The molecule has 0 spiro atoms. The molecular weight excluding hydrogens is 198 g/mol. The lowest BCUT2D eigenvalue weighted by Gasteiger charge is -2.40. The van der Waals surface area contributed by atoms with Gasteiger partial charge in [-0.2, -0.15) is 0 Å². The molecule has 3 heteroatoms. The van der Waals surface area contributed by atoms with Gasteiger partial charge in [0.15, 0.2) is 0 Å². The normalized spacial score (nSPS) is 34.2. The van der Waals surface area contributed by atoms with Gasteiger partial charge in [0.05, 0.1) is 6.54 Å². The second-order valence-electron chi connectivity index (χ2n) is 4.94. The van der Waals surface area contributed by atoms with E-state index >= 15 is 0 Å². The maximum Gasteiger partial charge on any atom is 0.0581 e. The Morgan fingerprint density at radius 2 is 2.31 bits per heavy atom. The predicted octanol–water partition coefficient (Wildman–Crippen LogP) is 0.555. The summed E-state index contributed by atoms with van der Waals surface area (Å²) < 4.78 is 0. The Kier molecular flexibility index (Phi) is 3.86. The molecule has 2 unspecified atom stereocenters. The van der Waals surface area contributed by atoms with Crippen LogP contribution in [0.25, 0.3) is 0 Å². The number of rotatable bonds is 3. The van der Waals surface area contributed by atoms with Crippen LogP contribution in [0, 0.1) is 11.8 Å². The van der Waals surface area contributed by atoms with Crippen LogP contribution in [-0.4, -0.2) is 42.7 Å². The highest BCUT2D eigenvalue weighted by Crippen LogP contribution is 2.34. The Morgan fingerprint density at radius 1 is 1.44 bits per heavy atom. The Morgan fingerprint density at radius 3 is 3.06 bits per heavy atom. The van der Waals surface area contributed by atoms with E-state index in [0.29, 0.717) is 6.04 Å². The Hall–Kier alpha value is -0.560. The summed E-state index contributed by atoms with van der Waals surface area (Å²) in [5.74, 6) is 6.03. The van der Waals surface area contributed by atoms with E-state index in [1.807, 2.05) is 6.92 Å². The Balaban J connectivity index is 2.04. The van der Waals surface area contributed by atoms with Crippen molar-refractivity contribution in [3.63, 3.8) is 0 Å². The molecule has 2 aliphatic heterocycles. The number of nitrogens with two attached hydrogens (primary N) is 1. The molecule has 2 atom stereocenters. The van der Waals surface area contributed by atoms with Gasteiger partial charge in [0, 0.05) is 24.7 Å². The molecule has 0 amide bonds. The second-order valence-corrected chi connectivity index (χ2v) is 4.94. The first-order valence-corrected chi connectivity index (χ1v) is 6.41. The van der Waals surface area contributed by atoms with Crippen molar-refractivity contribution in [1.29, 1.82) is 0 Å². The van der Waals surface area contributed by atoms with Gasteiger partial charge >= 0.3 is 0 Å². The Bertz CT molecular complexity index is 291. The largest absolute Gasteiger partial charge is 0.329 e. The lowest BCUT2D eigenvalue weighted by Crippen LogP contribution is -2.60. The summed E-state index contributed by atoms with van der Waals surface area (Å²) in [4.78, 5) is 2.61. The molecule has 3 nitrogen and oxygen atoms in total. The molecule has 0 aromatic rings. The number of nitrogens with one attached hydrogen (secondary N) is 1. The monoisotopic (exact) mass is 221 g/mol. The molecule has 90 valence electrons. The van der Waals surface area contributed by atoms with Gasteiger partial charge in [0.25, 0.3) is 0 Å². The summed E-state index contributed by atoms with van der Waals surface area (Å²) >= 11 is 0. The fourth-order valence-corrected chi connectivity index (χ4v) is 3.22. The zero-order valence-corrected chi connectivity index (χ0v) is 10.3. The summed E-state index contributed by atoms with van der Waals surface area (Å²) in [5, 5.41) is 3.60. The van der Waals surface area contributed by atoms with Crippen molar-refractivity contribution in [2.45, 2.75) is 44.2 Å². The van der Waals surface area contributed by atoms with Crippen LogP contribution in [0.5, 0.6) is 0 Å². The first kappa shape index (κ1) is 11.9. The van der Waals surface area contributed by atoms with Crippen LogP contribution >= 0.6 is 0 Å². The van der Waals surface area contributed by atoms with Crippen LogP contribution in [0.2, 0.25) is 0 Å². The lowest BCUT2D eigenvalue weighted by molar-refractivity contribution is 0.143. The first-order valence-electron chi connectivity index (χ1n) is 6.41. The maximum atomic E-state index is 6.02. The molecule has 2 rings (SSSR count). The third-order valence-corrected chi connectivity index (χ3v) is 4.17. The molecule has 0 aromatic heterocycles. The molecule has 2 heterocycles. The zero-order chi connectivity index (χ0) is 11.4. The number of nitrogens with zero attached hydrogens (tertiary/aromatic N) is 1. The van der Waals surface area contributed by atoms with E-state index < -0.39 is 0 Å². The summed E-state index contributed by atoms with van der Waals surface area (Å²) in [5.41, 5.74) is 6.15. The van der Waals surface area contributed by atoms with Gasteiger partial charge in [-0.1, -0.05) is 12.3 Å². The van der Waals surface area contributed by atoms with E-state index in [9.17, 15) is 0 Å². The molecule has 0 radical (unpaired) electrons. The summed E-state index contributed by atoms with van der Waals surface area (Å²) in [6.07, 6.45) is 5.18. The smallest absolute Gasteiger partial charge is 0.0581 e. The lowest BCUT2D eigenvalue weighted by atomic mass is 9.85. The topological polar surface area (TPSA) is 41.3 Å². The van der Waals surface area contributed by atoms with Crippen molar-refractivity contribution in [3.8, 4) is 11.8 Å². The molecule has 0 saturated carbocycles. The SMILES string of the molecule is CC#CCNC1(CN)CCN2CCCCC21. The minimum atomic E-state index is 0.129. The molecule has 2 aliphatic rings. The van der Waals surface area contributed by atoms with E-state index in [2.05, 4.69) is 22.1 Å². The highest BCUT2D eigenvalue weighted by atomic mass is 15.3. The van der Waals surface area contributed by atoms with Crippen molar-refractivity contribution >= 4 is 0 Å². The van der Waals surface area contributed by atoms with E-state index in [4.69, 9.17) is 5.73 Å². The number of fused-ring (bicyclic) bond motifs is 1. The summed E-state index contributed by atoms with van der Waals surface area (Å²) in [6.45, 7) is 5.86. The Labute approximate surface area is 98.8 Å². The molecular formula is C13H23N3. The predicted molar refractivity (Wildman–Crippen MR) is 67.1 cm³/mol. The van der Waals surface area contributed by atoms with Crippen molar-refractivity contribution in [3.05, 3.63) is 0 Å². The first-order chi connectivity index (χ1) is 7.82. The van der Waals surface area contributed by atoms with Crippen molar-refractivity contribution in [2.24, 2.45) is 5.73 Å². The average Bonchev–Trinajstić information content (AvgIpc) is 2.70. The molecule has 2 fully saturated rings. The van der Waals surface area contributed by atoms with Gasteiger partial charge in [-0.15, -0.1) is 5.92 Å². The highest BCUT2D eigenvalue weighted by Gasteiger charge is 2.46. The van der Waals surface area contributed by atoms with E-state index in [1.165, 1.54) is 38.8 Å². The number of piperidine rings is 1. The van der Waals surface area contributed by atoms with Gasteiger partial charge in [-0.3, -0.25) is 10.2 Å². The van der Waals surface area contributed by atoms with E-state index in [1.54, 1.807) is 0 Å². The van der Waals surface area contributed by atoms with Crippen molar-refractivity contribution in [2.75, 3.05) is 26.2 Å². The van der Waals surface area contributed by atoms with Crippen LogP contribution in [0.4, 0.5) is 0 Å². The van der Waals surface area contributed by atoms with Gasteiger partial charge < -0.3 is 5.73 Å². The fourth-order valence-electron chi connectivity index (χ4n) is 3.22. The highest BCUT2D eigenvalue weighted by molar-refractivity contribution is 5.10. The van der Waals surface area contributed by atoms with E-state index in [0.717, 1.165) is 13.1 Å². The van der Waals surface area contributed by atoms with Crippen LogP contribution in [-0.2, 0) is 0 Å². The van der Waals surface area contributed by atoms with Crippen LogP contribution in [0.3, 0.4) is 0 Å². The average molecular weight is 221 g/mol. The molecule has 0 bridgehead atoms. The van der Waals surface area contributed by atoms with Crippen LogP contribution < -0.4 is 11.1 Å². The molecule has 2 saturated heterocycles. The zero-order valence-electron chi connectivity index (χ0n) is 10.3.